The molecule has 1 atom stereocenters. The molecule has 1 aliphatic rings. The van der Waals surface area contributed by atoms with E-state index in [9.17, 15) is 18.0 Å². The molecule has 160 valence electrons. The smallest absolute Gasteiger partial charge is 0.247 e. The Morgan fingerprint density at radius 2 is 1.80 bits per heavy atom. The third kappa shape index (κ3) is 5.08. The lowest BCUT2D eigenvalue weighted by Crippen LogP contribution is -2.69. The van der Waals surface area contributed by atoms with Crippen LogP contribution in [0.15, 0.2) is 59.1 Å². The second kappa shape index (κ2) is 8.87. The number of rotatable bonds is 6. The minimum absolute atomic E-state index is 0.105. The summed E-state index contributed by atoms with van der Waals surface area (Å²) in [5.74, 6) is -0.813. The Kier molecular flexibility index (Phi) is 6.64. The summed E-state index contributed by atoms with van der Waals surface area (Å²) in [7, 11) is -3.64. The van der Waals surface area contributed by atoms with Crippen molar-refractivity contribution in [3.05, 3.63) is 70.2 Å². The molecular formula is C21H24BrN3O4S. The first-order valence-electron chi connectivity index (χ1n) is 9.42. The lowest BCUT2D eigenvalue weighted by atomic mass is 9.94. The van der Waals surface area contributed by atoms with E-state index in [-0.39, 0.29) is 26.2 Å². The number of sulfonamides is 1. The Morgan fingerprint density at radius 1 is 1.13 bits per heavy atom. The predicted molar refractivity (Wildman–Crippen MR) is 118 cm³/mol. The largest absolute Gasteiger partial charge is 0.350 e. The molecule has 0 unspecified atom stereocenters. The normalized spacial score (nSPS) is 20.2. The molecule has 30 heavy (non-hydrogen) atoms. The van der Waals surface area contributed by atoms with Gasteiger partial charge in [-0.1, -0.05) is 58.4 Å². The van der Waals surface area contributed by atoms with E-state index in [2.05, 4.69) is 21.2 Å². The first-order valence-corrected chi connectivity index (χ1v) is 12.1. The molecule has 1 saturated heterocycles. The molecule has 1 N–H and O–H groups in total. The standard InChI is InChI=1S/C21H24BrN3O4S/c1-21(20(27)23-12-16-7-4-3-5-8-16)15-24(30(2,28)29)14-19(26)25(21)13-17-9-6-10-18(22)11-17/h3-11H,12-15H2,1-2H3,(H,23,27)/t21-/m0/s1. The van der Waals surface area contributed by atoms with Crippen LogP contribution in [0.3, 0.4) is 0 Å². The van der Waals surface area contributed by atoms with Crippen LogP contribution >= 0.6 is 15.9 Å². The molecule has 2 aromatic rings. The van der Waals surface area contributed by atoms with Crippen molar-refractivity contribution in [2.24, 2.45) is 0 Å². The Hall–Kier alpha value is -2.23. The molecule has 0 radical (unpaired) electrons. The van der Waals surface area contributed by atoms with Gasteiger partial charge in [-0.2, -0.15) is 4.31 Å². The second-order valence-electron chi connectivity index (χ2n) is 7.58. The summed E-state index contributed by atoms with van der Waals surface area (Å²) in [4.78, 5) is 27.7. The van der Waals surface area contributed by atoms with Crippen LogP contribution < -0.4 is 5.32 Å². The molecule has 0 saturated carbocycles. The fraction of sp³-hybridized carbons (Fsp3) is 0.333. The number of hydrogen-bond donors (Lipinski definition) is 1. The highest BCUT2D eigenvalue weighted by Crippen LogP contribution is 2.27. The van der Waals surface area contributed by atoms with Crippen LogP contribution in [0.1, 0.15) is 18.1 Å². The maximum absolute atomic E-state index is 13.2. The zero-order valence-electron chi connectivity index (χ0n) is 16.8. The molecule has 3 rings (SSSR count). The molecule has 0 bridgehead atoms. The number of piperazine rings is 1. The van der Waals surface area contributed by atoms with Gasteiger partial charge in [-0.25, -0.2) is 8.42 Å². The van der Waals surface area contributed by atoms with Crippen LogP contribution in [0.4, 0.5) is 0 Å². The number of nitrogens with one attached hydrogen (secondary N) is 1. The highest BCUT2D eigenvalue weighted by atomic mass is 79.9. The predicted octanol–water partition coefficient (Wildman–Crippen LogP) is 2.13. The number of carbonyl (C=O) groups is 2. The molecule has 1 heterocycles. The van der Waals surface area contributed by atoms with Crippen molar-refractivity contribution in [3.8, 4) is 0 Å². The lowest BCUT2D eigenvalue weighted by Gasteiger charge is -2.46. The van der Waals surface area contributed by atoms with Gasteiger partial charge in [0.2, 0.25) is 21.8 Å². The number of benzene rings is 2. The minimum Gasteiger partial charge on any atom is -0.350 e. The SMILES string of the molecule is C[C@@]1(C(=O)NCc2ccccc2)CN(S(C)(=O)=O)CC(=O)N1Cc1cccc(Br)c1. The van der Waals surface area contributed by atoms with Gasteiger partial charge in [-0.05, 0) is 30.2 Å². The van der Waals surface area contributed by atoms with Gasteiger partial charge in [-0.3, -0.25) is 9.59 Å². The van der Waals surface area contributed by atoms with Gasteiger partial charge in [0.05, 0.1) is 12.8 Å². The number of amides is 2. The van der Waals surface area contributed by atoms with Crippen LogP contribution in [0.5, 0.6) is 0 Å². The average molecular weight is 494 g/mol. The molecule has 0 aromatic heterocycles. The van der Waals surface area contributed by atoms with Gasteiger partial charge < -0.3 is 10.2 Å². The van der Waals surface area contributed by atoms with Crippen molar-refractivity contribution in [2.45, 2.75) is 25.6 Å². The molecule has 2 amide bonds. The van der Waals surface area contributed by atoms with Crippen molar-refractivity contribution in [1.29, 1.82) is 0 Å². The monoisotopic (exact) mass is 493 g/mol. The van der Waals surface area contributed by atoms with Crippen molar-refractivity contribution < 1.29 is 18.0 Å². The van der Waals surface area contributed by atoms with E-state index in [1.807, 2.05) is 54.6 Å². The summed E-state index contributed by atoms with van der Waals surface area (Å²) in [6.45, 7) is 1.71. The Morgan fingerprint density at radius 3 is 2.43 bits per heavy atom. The molecular weight excluding hydrogens is 470 g/mol. The van der Waals surface area contributed by atoms with Crippen LogP contribution in [0, 0.1) is 0 Å². The number of hydrogen-bond acceptors (Lipinski definition) is 4. The zero-order valence-corrected chi connectivity index (χ0v) is 19.2. The third-order valence-corrected chi connectivity index (χ3v) is 6.87. The molecule has 1 fully saturated rings. The van der Waals surface area contributed by atoms with E-state index >= 15 is 0 Å². The van der Waals surface area contributed by atoms with Crippen LogP contribution in [-0.2, 0) is 32.7 Å². The topological polar surface area (TPSA) is 86.8 Å². The quantitative estimate of drug-likeness (QED) is 0.667. The number of carbonyl (C=O) groups excluding carboxylic acids is 2. The Bertz CT molecular complexity index is 1050. The van der Waals surface area contributed by atoms with E-state index in [0.29, 0.717) is 0 Å². The summed E-state index contributed by atoms with van der Waals surface area (Å²) < 4.78 is 26.2. The zero-order chi connectivity index (χ0) is 21.9. The summed E-state index contributed by atoms with van der Waals surface area (Å²) in [6.07, 6.45) is 1.05. The molecule has 0 spiro atoms. The molecule has 0 aliphatic carbocycles. The van der Waals surface area contributed by atoms with Gasteiger partial charge in [0.1, 0.15) is 5.54 Å². The van der Waals surface area contributed by atoms with Crippen LogP contribution in [-0.4, -0.2) is 54.3 Å². The summed E-state index contributed by atoms with van der Waals surface area (Å²) in [5.41, 5.74) is 0.401. The lowest BCUT2D eigenvalue weighted by molar-refractivity contribution is -0.153. The summed E-state index contributed by atoms with van der Waals surface area (Å²) in [5, 5.41) is 2.87. The summed E-state index contributed by atoms with van der Waals surface area (Å²) in [6, 6.07) is 16.9. The van der Waals surface area contributed by atoms with E-state index in [4.69, 9.17) is 0 Å². The molecule has 1 aliphatic heterocycles. The number of nitrogens with zero attached hydrogens (tertiary/aromatic N) is 2. The van der Waals surface area contributed by atoms with E-state index in [1.54, 1.807) is 6.92 Å². The van der Waals surface area contributed by atoms with Crippen molar-refractivity contribution in [3.63, 3.8) is 0 Å². The third-order valence-electron chi connectivity index (χ3n) is 5.18. The van der Waals surface area contributed by atoms with Crippen LogP contribution in [0.2, 0.25) is 0 Å². The fourth-order valence-corrected chi connectivity index (χ4v) is 4.75. The highest BCUT2D eigenvalue weighted by Gasteiger charge is 2.49. The summed E-state index contributed by atoms with van der Waals surface area (Å²) >= 11 is 3.42. The van der Waals surface area contributed by atoms with Crippen molar-refractivity contribution >= 4 is 37.8 Å². The van der Waals surface area contributed by atoms with E-state index in [1.165, 1.54) is 4.90 Å². The molecule has 2 aromatic carbocycles. The number of halogens is 1. The maximum atomic E-state index is 13.2. The van der Waals surface area contributed by atoms with Crippen LogP contribution in [0.25, 0.3) is 0 Å². The van der Waals surface area contributed by atoms with Gasteiger partial charge >= 0.3 is 0 Å². The van der Waals surface area contributed by atoms with Gasteiger partial charge in [0.15, 0.2) is 0 Å². The van der Waals surface area contributed by atoms with E-state index < -0.39 is 27.4 Å². The van der Waals surface area contributed by atoms with Crippen molar-refractivity contribution in [2.75, 3.05) is 19.3 Å². The Balaban J connectivity index is 1.89. The first-order chi connectivity index (χ1) is 14.1. The van der Waals surface area contributed by atoms with E-state index in [0.717, 1.165) is 26.2 Å². The average Bonchev–Trinajstić information content (AvgIpc) is 2.69. The minimum atomic E-state index is -3.64. The second-order valence-corrected chi connectivity index (χ2v) is 10.5. The fourth-order valence-electron chi connectivity index (χ4n) is 3.47. The Labute approximate surface area is 185 Å². The highest BCUT2D eigenvalue weighted by molar-refractivity contribution is 9.10. The molecule has 7 nitrogen and oxygen atoms in total. The van der Waals surface area contributed by atoms with Gasteiger partial charge in [-0.15, -0.1) is 0 Å². The van der Waals surface area contributed by atoms with Crippen molar-refractivity contribution in [1.82, 2.24) is 14.5 Å². The maximum Gasteiger partial charge on any atom is 0.247 e. The van der Waals surface area contributed by atoms with Gasteiger partial charge in [0, 0.05) is 24.1 Å². The first kappa shape index (κ1) is 22.5. The van der Waals surface area contributed by atoms with Gasteiger partial charge in [0.25, 0.3) is 0 Å². The molecule has 9 heteroatoms.